The molecule has 4 rings (SSSR count). The van der Waals surface area contributed by atoms with Gasteiger partial charge in [0.25, 0.3) is 0 Å². The van der Waals surface area contributed by atoms with Gasteiger partial charge in [0.15, 0.2) is 0 Å². The van der Waals surface area contributed by atoms with Crippen LogP contribution in [0.1, 0.15) is 36.0 Å². The molecule has 5 nitrogen and oxygen atoms in total. The van der Waals surface area contributed by atoms with E-state index >= 15 is 0 Å². The fourth-order valence-electron chi connectivity index (χ4n) is 3.55. The van der Waals surface area contributed by atoms with E-state index in [1.807, 2.05) is 53.2 Å². The third-order valence-corrected chi connectivity index (χ3v) is 5.24. The first-order chi connectivity index (χ1) is 15.5. The van der Waals surface area contributed by atoms with E-state index in [0.717, 1.165) is 33.8 Å². The van der Waals surface area contributed by atoms with Crippen molar-refractivity contribution in [2.24, 2.45) is 0 Å². The van der Waals surface area contributed by atoms with E-state index < -0.39 is 5.97 Å². The van der Waals surface area contributed by atoms with E-state index in [2.05, 4.69) is 43.0 Å². The predicted octanol–water partition coefficient (Wildman–Crippen LogP) is 5.47. The lowest BCUT2D eigenvalue weighted by molar-refractivity contribution is -0.137. The van der Waals surface area contributed by atoms with Gasteiger partial charge in [-0.1, -0.05) is 53.9 Å². The van der Waals surface area contributed by atoms with Crippen LogP contribution in [0.5, 0.6) is 5.75 Å². The second-order valence-electron chi connectivity index (χ2n) is 7.70. The van der Waals surface area contributed by atoms with Gasteiger partial charge in [0.1, 0.15) is 18.0 Å². The maximum absolute atomic E-state index is 11.1. The van der Waals surface area contributed by atoms with Crippen LogP contribution >= 0.6 is 0 Å². The Balaban J connectivity index is 1.45. The normalized spacial score (nSPS) is 11.6. The lowest BCUT2D eigenvalue weighted by Gasteiger charge is -2.11. The number of nitrogens with zero attached hydrogens (tertiary/aromatic N) is 2. The number of carboxylic acid groups (broad SMARTS) is 1. The molecular formula is C27H24N2O3. The van der Waals surface area contributed by atoms with Crippen LogP contribution < -0.4 is 4.74 Å². The zero-order chi connectivity index (χ0) is 22.5. The number of aromatic nitrogens is 2. The summed E-state index contributed by atoms with van der Waals surface area (Å²) >= 11 is 0. The molecule has 160 valence electrons. The van der Waals surface area contributed by atoms with Gasteiger partial charge in [0.2, 0.25) is 0 Å². The lowest BCUT2D eigenvalue weighted by atomic mass is 9.96. The van der Waals surface area contributed by atoms with Gasteiger partial charge in [0.05, 0.1) is 18.0 Å². The average molecular weight is 425 g/mol. The molecule has 0 spiro atoms. The third-order valence-electron chi connectivity index (χ3n) is 5.24. The SMILES string of the molecule is CC#CC(CC(=O)O)c1ccc(OCc2ccc3nc(-c4ccc(C)cc4)cn3c2)cc1. The zero-order valence-corrected chi connectivity index (χ0v) is 18.1. The number of carbonyl (C=O) groups is 1. The molecule has 32 heavy (non-hydrogen) atoms. The van der Waals surface area contributed by atoms with E-state index in [-0.39, 0.29) is 12.3 Å². The maximum atomic E-state index is 11.1. The molecule has 2 heterocycles. The topological polar surface area (TPSA) is 63.8 Å². The average Bonchev–Trinajstić information content (AvgIpc) is 3.21. The summed E-state index contributed by atoms with van der Waals surface area (Å²) in [6, 6.07) is 19.8. The molecular weight excluding hydrogens is 400 g/mol. The molecule has 0 aliphatic carbocycles. The smallest absolute Gasteiger partial charge is 0.304 e. The number of ether oxygens (including phenoxy) is 1. The number of hydrogen-bond acceptors (Lipinski definition) is 3. The van der Waals surface area contributed by atoms with Crippen molar-refractivity contribution in [2.75, 3.05) is 0 Å². The molecule has 2 aromatic heterocycles. The Hall–Kier alpha value is -4.04. The minimum absolute atomic E-state index is 0.0173. The second kappa shape index (κ2) is 9.40. The van der Waals surface area contributed by atoms with Gasteiger partial charge in [-0.15, -0.1) is 5.92 Å². The minimum atomic E-state index is -0.862. The third kappa shape index (κ3) is 4.98. The van der Waals surface area contributed by atoms with Crippen LogP contribution in [0.25, 0.3) is 16.9 Å². The monoisotopic (exact) mass is 424 g/mol. The van der Waals surface area contributed by atoms with Gasteiger partial charge >= 0.3 is 5.97 Å². The Bertz CT molecular complexity index is 1290. The minimum Gasteiger partial charge on any atom is -0.489 e. The molecule has 1 atom stereocenters. The quantitative estimate of drug-likeness (QED) is 0.400. The molecule has 0 aliphatic rings. The van der Waals surface area contributed by atoms with Crippen LogP contribution in [0.3, 0.4) is 0 Å². The number of pyridine rings is 1. The Morgan fingerprint density at radius 3 is 2.50 bits per heavy atom. The molecule has 0 radical (unpaired) electrons. The van der Waals surface area contributed by atoms with Crippen molar-refractivity contribution in [3.63, 3.8) is 0 Å². The summed E-state index contributed by atoms with van der Waals surface area (Å²) in [5, 5.41) is 9.09. The second-order valence-corrected chi connectivity index (χ2v) is 7.70. The van der Waals surface area contributed by atoms with Crippen molar-refractivity contribution >= 4 is 11.6 Å². The highest BCUT2D eigenvalue weighted by atomic mass is 16.5. The summed E-state index contributed by atoms with van der Waals surface area (Å²) in [5.74, 6) is 5.31. The van der Waals surface area contributed by atoms with E-state index in [9.17, 15) is 4.79 Å². The van der Waals surface area contributed by atoms with Crippen LogP contribution in [-0.4, -0.2) is 20.5 Å². The molecule has 0 fully saturated rings. The van der Waals surface area contributed by atoms with Gasteiger partial charge in [-0.2, -0.15) is 0 Å². The highest BCUT2D eigenvalue weighted by Gasteiger charge is 2.13. The standard InChI is InChI=1S/C27H24N2O3/c1-3-4-23(15-27(30)31)21-10-12-24(13-11-21)32-18-20-7-14-26-28-25(17-29(26)16-20)22-8-5-19(2)6-9-22/h5-14,16-17,23H,15,18H2,1-2H3,(H,30,31). The summed E-state index contributed by atoms with van der Waals surface area (Å²) in [4.78, 5) is 15.8. The summed E-state index contributed by atoms with van der Waals surface area (Å²) < 4.78 is 7.95. The van der Waals surface area contributed by atoms with E-state index in [4.69, 9.17) is 14.8 Å². The summed E-state index contributed by atoms with van der Waals surface area (Å²) in [6.45, 7) is 4.20. The molecule has 5 heteroatoms. The lowest BCUT2D eigenvalue weighted by Crippen LogP contribution is -2.04. The first kappa shape index (κ1) is 21.2. The van der Waals surface area contributed by atoms with Gasteiger partial charge in [-0.05, 0) is 37.6 Å². The number of aliphatic carboxylic acids is 1. The first-order valence-corrected chi connectivity index (χ1v) is 10.4. The largest absolute Gasteiger partial charge is 0.489 e. The number of hydrogen-bond donors (Lipinski definition) is 1. The molecule has 0 bridgehead atoms. The number of carboxylic acids is 1. The maximum Gasteiger partial charge on any atom is 0.304 e. The number of rotatable bonds is 7. The number of imidazole rings is 1. The fraction of sp³-hybridized carbons (Fsp3) is 0.185. The van der Waals surface area contributed by atoms with Crippen LogP contribution in [-0.2, 0) is 11.4 Å². The molecule has 0 aliphatic heterocycles. The molecule has 0 saturated heterocycles. The van der Waals surface area contributed by atoms with Gasteiger partial charge in [-0.25, -0.2) is 4.98 Å². The van der Waals surface area contributed by atoms with Gasteiger partial charge < -0.3 is 14.2 Å². The molecule has 2 aromatic carbocycles. The van der Waals surface area contributed by atoms with Gasteiger partial charge in [0, 0.05) is 23.5 Å². The first-order valence-electron chi connectivity index (χ1n) is 10.4. The molecule has 4 aromatic rings. The van der Waals surface area contributed by atoms with Crippen molar-refractivity contribution in [2.45, 2.75) is 32.8 Å². The predicted molar refractivity (Wildman–Crippen MR) is 125 cm³/mol. The van der Waals surface area contributed by atoms with Crippen LogP contribution in [0, 0.1) is 18.8 Å². The highest BCUT2D eigenvalue weighted by Crippen LogP contribution is 2.23. The Labute approximate surface area is 187 Å². The van der Waals surface area contributed by atoms with Crippen molar-refractivity contribution in [3.05, 3.63) is 89.7 Å². The Morgan fingerprint density at radius 1 is 1.06 bits per heavy atom. The number of fused-ring (bicyclic) bond motifs is 1. The summed E-state index contributed by atoms with van der Waals surface area (Å²) in [6.07, 6.45) is 4.03. The summed E-state index contributed by atoms with van der Waals surface area (Å²) in [7, 11) is 0. The van der Waals surface area contributed by atoms with Crippen LogP contribution in [0.2, 0.25) is 0 Å². The van der Waals surface area contributed by atoms with Crippen LogP contribution in [0.4, 0.5) is 0 Å². The van der Waals surface area contributed by atoms with Gasteiger partial charge in [-0.3, -0.25) is 4.79 Å². The zero-order valence-electron chi connectivity index (χ0n) is 18.1. The van der Waals surface area contributed by atoms with Crippen molar-refractivity contribution < 1.29 is 14.6 Å². The molecule has 1 unspecified atom stereocenters. The number of benzene rings is 2. The van der Waals surface area contributed by atoms with Crippen molar-refractivity contribution in [1.29, 1.82) is 0 Å². The fourth-order valence-corrected chi connectivity index (χ4v) is 3.55. The Morgan fingerprint density at radius 2 is 1.81 bits per heavy atom. The highest BCUT2D eigenvalue weighted by molar-refractivity contribution is 5.69. The van der Waals surface area contributed by atoms with Crippen LogP contribution in [0.15, 0.2) is 73.1 Å². The van der Waals surface area contributed by atoms with Crippen molar-refractivity contribution in [3.8, 4) is 28.8 Å². The number of aryl methyl sites for hydroxylation is 1. The van der Waals surface area contributed by atoms with E-state index in [1.54, 1.807) is 6.92 Å². The summed E-state index contributed by atoms with van der Waals surface area (Å²) in [5.41, 5.74) is 6.03. The molecule has 0 saturated carbocycles. The molecule has 0 amide bonds. The van der Waals surface area contributed by atoms with E-state index in [1.165, 1.54) is 5.56 Å². The van der Waals surface area contributed by atoms with E-state index in [0.29, 0.717) is 6.61 Å². The van der Waals surface area contributed by atoms with Crippen molar-refractivity contribution in [1.82, 2.24) is 9.38 Å². The molecule has 1 N–H and O–H groups in total. The Kier molecular flexibility index (Phi) is 6.23.